The number of carbonyl (C=O) groups excluding carboxylic acids is 2. The van der Waals surface area contributed by atoms with E-state index in [2.05, 4.69) is 0 Å². The predicted octanol–water partition coefficient (Wildman–Crippen LogP) is 3.62. The van der Waals surface area contributed by atoms with Gasteiger partial charge in [-0.3, -0.25) is 9.59 Å². The highest BCUT2D eigenvalue weighted by atomic mass is 16.7. The molecule has 2 aromatic carbocycles. The molecule has 194 valence electrons. The second-order valence-electron chi connectivity index (χ2n) is 9.03. The summed E-state index contributed by atoms with van der Waals surface area (Å²) in [7, 11) is 0. The van der Waals surface area contributed by atoms with Crippen LogP contribution in [0.25, 0.3) is 0 Å². The Labute approximate surface area is 215 Å². The molecule has 2 aliphatic rings. The average molecular weight is 507 g/mol. The van der Waals surface area contributed by atoms with Gasteiger partial charge in [0, 0.05) is 19.7 Å². The number of nitrogens with zero attached hydrogens (tertiary/aromatic N) is 2. The van der Waals surface area contributed by atoms with Crippen LogP contribution >= 0.6 is 0 Å². The van der Waals surface area contributed by atoms with E-state index in [-0.39, 0.29) is 44.4 Å². The van der Waals surface area contributed by atoms with Gasteiger partial charge in [0.15, 0.2) is 18.1 Å². The number of rotatable bonds is 11. The fourth-order valence-corrected chi connectivity index (χ4v) is 4.39. The van der Waals surface area contributed by atoms with Crippen LogP contribution in [0.1, 0.15) is 24.2 Å². The predicted molar refractivity (Wildman–Crippen MR) is 133 cm³/mol. The molecule has 0 N–H and O–H groups in total. The highest BCUT2D eigenvalue weighted by molar-refractivity contribution is 5.85. The van der Waals surface area contributed by atoms with E-state index in [1.165, 1.54) is 4.90 Å². The number of fused-ring (bicyclic) bond motifs is 1. The maximum atomic E-state index is 13.6. The number of amides is 2. The van der Waals surface area contributed by atoms with Crippen LogP contribution in [0.4, 0.5) is 0 Å². The van der Waals surface area contributed by atoms with Crippen molar-refractivity contribution in [3.8, 4) is 17.2 Å². The molecule has 0 bridgehead atoms. The molecule has 1 atom stereocenters. The van der Waals surface area contributed by atoms with Gasteiger partial charge in [0.1, 0.15) is 11.5 Å². The third kappa shape index (κ3) is 6.62. The number of furan rings is 1. The fraction of sp³-hybridized carbons (Fsp3) is 0.357. The average Bonchev–Trinajstić information content (AvgIpc) is 3.70. The molecule has 0 radical (unpaired) electrons. The second kappa shape index (κ2) is 11.8. The molecule has 1 saturated heterocycles. The van der Waals surface area contributed by atoms with Crippen LogP contribution in [0.2, 0.25) is 0 Å². The van der Waals surface area contributed by atoms with Gasteiger partial charge in [0.05, 0.1) is 25.5 Å². The first-order valence-corrected chi connectivity index (χ1v) is 12.4. The van der Waals surface area contributed by atoms with Crippen LogP contribution in [0.3, 0.4) is 0 Å². The van der Waals surface area contributed by atoms with Crippen LogP contribution in [0.5, 0.6) is 17.2 Å². The first-order chi connectivity index (χ1) is 18.1. The van der Waals surface area contributed by atoms with Crippen molar-refractivity contribution >= 4 is 11.8 Å². The van der Waals surface area contributed by atoms with Gasteiger partial charge in [0.25, 0.3) is 5.91 Å². The van der Waals surface area contributed by atoms with Gasteiger partial charge < -0.3 is 33.2 Å². The number of hydrogen-bond donors (Lipinski definition) is 0. The molecule has 3 heterocycles. The molecule has 0 spiro atoms. The number of carbonyl (C=O) groups is 2. The standard InChI is InChI=1S/C28H30N2O7/c31-27(18-30(17-24-9-5-13-34-24)28(32)19-35-22-6-2-1-3-7-22)29(16-23-8-4-12-33-23)15-21-10-11-25-26(14-21)37-20-36-25/h1-4,6-8,10-12,14,24H,5,9,13,15-20H2/t24-/m1/s1. The van der Waals surface area contributed by atoms with E-state index in [0.717, 1.165) is 18.4 Å². The molecule has 5 rings (SSSR count). The molecule has 0 saturated carbocycles. The zero-order valence-corrected chi connectivity index (χ0v) is 20.5. The van der Waals surface area contributed by atoms with Crippen molar-refractivity contribution in [2.24, 2.45) is 0 Å². The highest BCUT2D eigenvalue weighted by Crippen LogP contribution is 2.33. The summed E-state index contributed by atoms with van der Waals surface area (Å²) in [6.07, 6.45) is 3.27. The van der Waals surface area contributed by atoms with Crippen molar-refractivity contribution in [1.82, 2.24) is 9.80 Å². The Morgan fingerprint density at radius 1 is 0.919 bits per heavy atom. The molecule has 3 aromatic rings. The van der Waals surface area contributed by atoms with E-state index >= 15 is 0 Å². The fourth-order valence-electron chi connectivity index (χ4n) is 4.39. The Morgan fingerprint density at radius 3 is 2.57 bits per heavy atom. The third-order valence-corrected chi connectivity index (χ3v) is 6.32. The summed E-state index contributed by atoms with van der Waals surface area (Å²) in [5, 5.41) is 0. The van der Waals surface area contributed by atoms with Crippen molar-refractivity contribution in [3.05, 3.63) is 78.3 Å². The second-order valence-corrected chi connectivity index (χ2v) is 9.03. The van der Waals surface area contributed by atoms with E-state index in [4.69, 9.17) is 23.4 Å². The van der Waals surface area contributed by atoms with Gasteiger partial charge in [-0.2, -0.15) is 0 Å². The quantitative estimate of drug-likeness (QED) is 0.392. The largest absolute Gasteiger partial charge is 0.484 e. The third-order valence-electron chi connectivity index (χ3n) is 6.32. The van der Waals surface area contributed by atoms with Crippen molar-refractivity contribution in [1.29, 1.82) is 0 Å². The van der Waals surface area contributed by atoms with Crippen molar-refractivity contribution < 1.29 is 33.0 Å². The van der Waals surface area contributed by atoms with E-state index < -0.39 is 0 Å². The maximum absolute atomic E-state index is 13.6. The minimum absolute atomic E-state index is 0.0951. The first kappa shape index (κ1) is 24.7. The van der Waals surface area contributed by atoms with Crippen LogP contribution in [-0.4, -0.2) is 60.8 Å². The topological polar surface area (TPSA) is 90.7 Å². The summed E-state index contributed by atoms with van der Waals surface area (Å²) in [4.78, 5) is 30.0. The van der Waals surface area contributed by atoms with Crippen LogP contribution in [0, 0.1) is 0 Å². The lowest BCUT2D eigenvalue weighted by Gasteiger charge is -2.29. The van der Waals surface area contributed by atoms with E-state index in [0.29, 0.717) is 42.7 Å². The molecule has 37 heavy (non-hydrogen) atoms. The molecular formula is C28H30N2O7. The molecule has 1 aromatic heterocycles. The summed E-state index contributed by atoms with van der Waals surface area (Å²) >= 11 is 0. The van der Waals surface area contributed by atoms with Crippen LogP contribution < -0.4 is 14.2 Å². The lowest BCUT2D eigenvalue weighted by Crippen LogP contribution is -2.46. The minimum atomic E-state index is -0.270. The van der Waals surface area contributed by atoms with Crippen molar-refractivity contribution in [3.63, 3.8) is 0 Å². The van der Waals surface area contributed by atoms with Gasteiger partial charge in [-0.25, -0.2) is 0 Å². The molecule has 2 aliphatic heterocycles. The molecular weight excluding hydrogens is 476 g/mol. The maximum Gasteiger partial charge on any atom is 0.261 e. The van der Waals surface area contributed by atoms with E-state index in [1.807, 2.05) is 42.5 Å². The van der Waals surface area contributed by atoms with Gasteiger partial charge in [0.2, 0.25) is 12.7 Å². The number of benzene rings is 2. The highest BCUT2D eigenvalue weighted by Gasteiger charge is 2.27. The lowest BCUT2D eigenvalue weighted by molar-refractivity contribution is -0.143. The Kier molecular flexibility index (Phi) is 7.90. The first-order valence-electron chi connectivity index (χ1n) is 12.4. The smallest absolute Gasteiger partial charge is 0.261 e. The molecule has 0 unspecified atom stereocenters. The Hall–Kier alpha value is -3.98. The SMILES string of the molecule is O=C(CN(C[C@H]1CCCO1)C(=O)COc1ccccc1)N(Cc1ccc2c(c1)OCO2)Cc1ccco1. The normalized spacial score (nSPS) is 15.9. The summed E-state index contributed by atoms with van der Waals surface area (Å²) in [6, 6.07) is 18.4. The summed E-state index contributed by atoms with van der Waals surface area (Å²) < 4.78 is 27.9. The van der Waals surface area contributed by atoms with Gasteiger partial charge in [-0.05, 0) is 54.8 Å². The van der Waals surface area contributed by atoms with Gasteiger partial charge in [-0.15, -0.1) is 0 Å². The van der Waals surface area contributed by atoms with Crippen molar-refractivity contribution in [2.75, 3.05) is 33.1 Å². The molecule has 9 nitrogen and oxygen atoms in total. The molecule has 0 aliphatic carbocycles. The zero-order chi connectivity index (χ0) is 25.5. The van der Waals surface area contributed by atoms with Crippen LogP contribution in [-0.2, 0) is 27.4 Å². The Balaban J connectivity index is 1.30. The van der Waals surface area contributed by atoms with Crippen LogP contribution in [0.15, 0.2) is 71.3 Å². The number of ether oxygens (including phenoxy) is 4. The lowest BCUT2D eigenvalue weighted by atomic mass is 10.1. The summed E-state index contributed by atoms with van der Waals surface area (Å²) in [5.74, 6) is 2.10. The van der Waals surface area contributed by atoms with E-state index in [1.54, 1.807) is 29.4 Å². The van der Waals surface area contributed by atoms with Gasteiger partial charge in [-0.1, -0.05) is 24.3 Å². The molecule has 2 amide bonds. The molecule has 9 heteroatoms. The minimum Gasteiger partial charge on any atom is -0.484 e. The zero-order valence-electron chi connectivity index (χ0n) is 20.5. The van der Waals surface area contributed by atoms with Gasteiger partial charge >= 0.3 is 0 Å². The number of para-hydroxylation sites is 1. The Bertz CT molecular complexity index is 1180. The van der Waals surface area contributed by atoms with E-state index in [9.17, 15) is 9.59 Å². The summed E-state index contributed by atoms with van der Waals surface area (Å²) in [6.45, 7) is 1.50. The van der Waals surface area contributed by atoms with Crippen molar-refractivity contribution in [2.45, 2.75) is 32.0 Å². The molecule has 1 fully saturated rings. The Morgan fingerprint density at radius 2 is 1.78 bits per heavy atom. The number of hydrogen-bond acceptors (Lipinski definition) is 7. The summed E-state index contributed by atoms with van der Waals surface area (Å²) in [5.41, 5.74) is 0.883. The monoisotopic (exact) mass is 506 g/mol.